The molecule has 5 rings (SSSR count). The van der Waals surface area contributed by atoms with E-state index in [1.807, 2.05) is 41.8 Å². The number of nitrogens with zero attached hydrogens (tertiary/aromatic N) is 2. The van der Waals surface area contributed by atoms with E-state index in [1.165, 1.54) is 0 Å². The highest BCUT2D eigenvalue weighted by molar-refractivity contribution is 5.76. The highest BCUT2D eigenvalue weighted by Gasteiger charge is 2.27. The molecule has 2 aromatic carbocycles. The van der Waals surface area contributed by atoms with E-state index in [1.54, 1.807) is 0 Å². The van der Waals surface area contributed by atoms with Crippen molar-refractivity contribution in [3.8, 4) is 11.5 Å². The minimum absolute atomic E-state index is 0.000305. The molecule has 2 aliphatic heterocycles. The van der Waals surface area contributed by atoms with E-state index in [9.17, 15) is 4.79 Å². The number of piperidine rings is 1. The van der Waals surface area contributed by atoms with E-state index in [4.69, 9.17) is 9.47 Å². The molecule has 1 unspecified atom stereocenters. The second-order valence-electron chi connectivity index (χ2n) is 7.85. The fourth-order valence-corrected chi connectivity index (χ4v) is 4.41. The summed E-state index contributed by atoms with van der Waals surface area (Å²) in [5, 5.41) is 0. The number of para-hydroxylation sites is 2. The summed E-state index contributed by atoms with van der Waals surface area (Å²) in [5.74, 6) is 1.65. The zero-order valence-corrected chi connectivity index (χ0v) is 16.1. The van der Waals surface area contributed by atoms with Crippen molar-refractivity contribution in [3.05, 3.63) is 58.5 Å². The summed E-state index contributed by atoms with van der Waals surface area (Å²) in [6.45, 7) is 5.39. The quantitative estimate of drug-likeness (QED) is 0.760. The summed E-state index contributed by atoms with van der Waals surface area (Å²) in [5.41, 5.74) is 3.10. The number of likely N-dealkylation sites (tertiary alicyclic amines) is 1. The van der Waals surface area contributed by atoms with Gasteiger partial charge in [-0.3, -0.25) is 9.47 Å². The molecule has 1 saturated heterocycles. The van der Waals surface area contributed by atoms with Crippen molar-refractivity contribution in [2.45, 2.75) is 31.9 Å². The van der Waals surface area contributed by atoms with Crippen molar-refractivity contribution in [2.24, 2.45) is 0 Å². The van der Waals surface area contributed by atoms with Gasteiger partial charge >= 0.3 is 5.69 Å². The minimum Gasteiger partial charge on any atom is -0.486 e. The molecule has 0 spiro atoms. The maximum absolute atomic E-state index is 12.5. The monoisotopic (exact) mass is 379 g/mol. The molecule has 1 fully saturated rings. The molecule has 1 aromatic heterocycles. The lowest BCUT2D eigenvalue weighted by molar-refractivity contribution is 0.0485. The third-order valence-electron chi connectivity index (χ3n) is 5.82. The van der Waals surface area contributed by atoms with Crippen LogP contribution in [0.3, 0.4) is 0 Å². The zero-order valence-electron chi connectivity index (χ0n) is 16.1. The van der Waals surface area contributed by atoms with Crippen LogP contribution in [0.4, 0.5) is 0 Å². The summed E-state index contributed by atoms with van der Waals surface area (Å²) in [6.07, 6.45) is 1.97. The Morgan fingerprint density at radius 2 is 1.89 bits per heavy atom. The predicted octanol–water partition coefficient (Wildman–Crippen LogP) is 3.11. The predicted molar refractivity (Wildman–Crippen MR) is 108 cm³/mol. The molecule has 0 saturated carbocycles. The van der Waals surface area contributed by atoms with Crippen LogP contribution in [0.25, 0.3) is 11.0 Å². The van der Waals surface area contributed by atoms with Crippen molar-refractivity contribution in [1.29, 1.82) is 0 Å². The van der Waals surface area contributed by atoms with Crippen LogP contribution in [0, 0.1) is 6.92 Å². The van der Waals surface area contributed by atoms with Crippen molar-refractivity contribution in [1.82, 2.24) is 14.5 Å². The van der Waals surface area contributed by atoms with Gasteiger partial charge in [-0.25, -0.2) is 4.79 Å². The standard InChI is InChI=1S/C22H25N3O3/c1-15-6-7-19-18(12-15)23-22(26)25(19)16-8-10-24(11-9-16)13-17-14-27-20-4-2-3-5-21(20)28-17/h2-7,12,16-17H,8-11,13-14H2,1H3,(H,23,26). The van der Waals surface area contributed by atoms with Crippen LogP contribution in [0.2, 0.25) is 0 Å². The van der Waals surface area contributed by atoms with E-state index >= 15 is 0 Å². The summed E-state index contributed by atoms with van der Waals surface area (Å²) in [4.78, 5) is 17.9. The van der Waals surface area contributed by atoms with Crippen LogP contribution in [-0.4, -0.2) is 46.8 Å². The Hall–Kier alpha value is -2.73. The van der Waals surface area contributed by atoms with Crippen molar-refractivity contribution >= 4 is 11.0 Å². The number of H-pyrrole nitrogens is 1. The van der Waals surface area contributed by atoms with Gasteiger partial charge in [0.05, 0.1) is 11.0 Å². The van der Waals surface area contributed by atoms with Gasteiger partial charge in [0.15, 0.2) is 11.5 Å². The number of aryl methyl sites for hydroxylation is 1. The van der Waals surface area contributed by atoms with Crippen molar-refractivity contribution in [2.75, 3.05) is 26.2 Å². The highest BCUT2D eigenvalue weighted by atomic mass is 16.6. The SMILES string of the molecule is Cc1ccc2c(c1)[nH]c(=O)n2C1CCN(CC2COc3ccccc3O2)CC1. The van der Waals surface area contributed by atoms with Crippen LogP contribution in [0.1, 0.15) is 24.4 Å². The molecule has 3 aromatic rings. The zero-order chi connectivity index (χ0) is 19.1. The summed E-state index contributed by atoms with van der Waals surface area (Å²) in [6, 6.07) is 14.2. The molecule has 146 valence electrons. The fraction of sp³-hybridized carbons (Fsp3) is 0.409. The number of hydrogen-bond acceptors (Lipinski definition) is 4. The Morgan fingerprint density at radius 3 is 2.71 bits per heavy atom. The van der Waals surface area contributed by atoms with E-state index in [-0.39, 0.29) is 17.8 Å². The molecule has 6 nitrogen and oxygen atoms in total. The summed E-state index contributed by atoms with van der Waals surface area (Å²) in [7, 11) is 0. The maximum Gasteiger partial charge on any atom is 0.326 e. The van der Waals surface area contributed by atoms with Gasteiger partial charge in [0, 0.05) is 25.7 Å². The van der Waals surface area contributed by atoms with Gasteiger partial charge in [0.2, 0.25) is 0 Å². The van der Waals surface area contributed by atoms with Gasteiger partial charge in [-0.2, -0.15) is 0 Å². The number of hydrogen-bond donors (Lipinski definition) is 1. The van der Waals surface area contributed by atoms with E-state index in [0.717, 1.165) is 60.6 Å². The van der Waals surface area contributed by atoms with Gasteiger partial charge < -0.3 is 14.5 Å². The number of ether oxygens (including phenoxy) is 2. The number of aromatic nitrogens is 2. The smallest absolute Gasteiger partial charge is 0.326 e. The Morgan fingerprint density at radius 1 is 1.11 bits per heavy atom. The molecule has 0 aliphatic carbocycles. The number of rotatable bonds is 3. The lowest BCUT2D eigenvalue weighted by atomic mass is 10.0. The van der Waals surface area contributed by atoms with Crippen molar-refractivity contribution < 1.29 is 9.47 Å². The number of fused-ring (bicyclic) bond motifs is 2. The number of benzene rings is 2. The average molecular weight is 379 g/mol. The second kappa shape index (κ2) is 7.02. The molecular formula is C22H25N3O3. The molecule has 6 heteroatoms. The lowest BCUT2D eigenvalue weighted by Crippen LogP contribution is -2.45. The molecular weight excluding hydrogens is 354 g/mol. The number of imidazole rings is 1. The van der Waals surface area contributed by atoms with Gasteiger partial charge in [-0.1, -0.05) is 18.2 Å². The third kappa shape index (κ3) is 3.18. The van der Waals surface area contributed by atoms with Crippen LogP contribution < -0.4 is 15.2 Å². The van der Waals surface area contributed by atoms with E-state index in [0.29, 0.717) is 6.61 Å². The van der Waals surface area contributed by atoms with E-state index in [2.05, 4.69) is 22.0 Å². The first-order valence-corrected chi connectivity index (χ1v) is 9.99. The first-order chi connectivity index (χ1) is 13.7. The summed E-state index contributed by atoms with van der Waals surface area (Å²) < 4.78 is 13.9. The average Bonchev–Trinajstić information content (AvgIpc) is 3.03. The normalized spacial score (nSPS) is 20.5. The lowest BCUT2D eigenvalue weighted by Gasteiger charge is -2.36. The Kier molecular flexibility index (Phi) is 4.36. The topological polar surface area (TPSA) is 59.5 Å². The minimum atomic E-state index is -0.000305. The molecule has 0 amide bonds. The number of aromatic amines is 1. The Labute approximate surface area is 163 Å². The summed E-state index contributed by atoms with van der Waals surface area (Å²) >= 11 is 0. The van der Waals surface area contributed by atoms with Crippen molar-refractivity contribution in [3.63, 3.8) is 0 Å². The molecule has 0 radical (unpaired) electrons. The first-order valence-electron chi connectivity index (χ1n) is 9.99. The molecule has 2 aliphatic rings. The molecule has 28 heavy (non-hydrogen) atoms. The van der Waals surface area contributed by atoms with Gasteiger partial charge in [0.25, 0.3) is 0 Å². The van der Waals surface area contributed by atoms with Crippen LogP contribution in [0.15, 0.2) is 47.3 Å². The fourth-order valence-electron chi connectivity index (χ4n) is 4.41. The van der Waals surface area contributed by atoms with Crippen LogP contribution >= 0.6 is 0 Å². The molecule has 1 N–H and O–H groups in total. The molecule has 1 atom stereocenters. The van der Waals surface area contributed by atoms with Gasteiger partial charge in [-0.05, 0) is 49.6 Å². The van der Waals surface area contributed by atoms with Gasteiger partial charge in [-0.15, -0.1) is 0 Å². The first kappa shape index (κ1) is 17.4. The molecule has 3 heterocycles. The van der Waals surface area contributed by atoms with Crippen LogP contribution in [0.5, 0.6) is 11.5 Å². The maximum atomic E-state index is 12.5. The highest BCUT2D eigenvalue weighted by Crippen LogP contribution is 2.32. The Balaban J connectivity index is 1.24. The van der Waals surface area contributed by atoms with Gasteiger partial charge in [0.1, 0.15) is 12.7 Å². The third-order valence-corrected chi connectivity index (χ3v) is 5.82. The number of nitrogens with one attached hydrogen (secondary N) is 1. The Bertz CT molecular complexity index is 1050. The second-order valence-corrected chi connectivity index (χ2v) is 7.85. The van der Waals surface area contributed by atoms with Crippen LogP contribution in [-0.2, 0) is 0 Å². The van der Waals surface area contributed by atoms with E-state index < -0.39 is 0 Å². The largest absolute Gasteiger partial charge is 0.486 e. The molecule has 0 bridgehead atoms.